The first-order valence-corrected chi connectivity index (χ1v) is 10.5. The fourth-order valence-electron chi connectivity index (χ4n) is 4.75. The number of pyridine rings is 1. The number of hydrogen-bond acceptors (Lipinski definition) is 5. The number of anilines is 1. The number of carbonyl (C=O) groups excluding carboxylic acids is 1. The van der Waals surface area contributed by atoms with Crippen molar-refractivity contribution in [2.75, 3.05) is 44.2 Å². The average Bonchev–Trinajstić information content (AvgIpc) is 3.16. The Morgan fingerprint density at radius 2 is 2.00 bits per heavy atom. The molecule has 1 amide bonds. The van der Waals surface area contributed by atoms with Crippen molar-refractivity contribution in [2.45, 2.75) is 51.5 Å². The lowest BCUT2D eigenvalue weighted by atomic mass is 9.84. The van der Waals surface area contributed by atoms with Crippen LogP contribution in [-0.2, 0) is 11.2 Å². The van der Waals surface area contributed by atoms with Crippen LogP contribution in [0.2, 0.25) is 0 Å². The number of aromatic nitrogens is 1. The molecule has 6 heteroatoms. The van der Waals surface area contributed by atoms with Crippen LogP contribution in [0.3, 0.4) is 0 Å². The van der Waals surface area contributed by atoms with Gasteiger partial charge in [-0.25, -0.2) is 4.98 Å². The number of amides is 1. The lowest BCUT2D eigenvalue weighted by Gasteiger charge is -2.37. The topological polar surface area (TPSA) is 57.7 Å². The zero-order valence-electron chi connectivity index (χ0n) is 16.5. The summed E-state index contributed by atoms with van der Waals surface area (Å²) in [7, 11) is 0. The molecule has 0 radical (unpaired) electrons. The van der Waals surface area contributed by atoms with E-state index in [0.717, 1.165) is 69.5 Å². The normalized spacial score (nSPS) is 25.7. The van der Waals surface area contributed by atoms with E-state index in [1.165, 1.54) is 31.4 Å². The Balaban J connectivity index is 1.20. The van der Waals surface area contributed by atoms with Gasteiger partial charge in [-0.05, 0) is 50.6 Å². The number of piperazine rings is 1. The molecule has 4 rings (SSSR count). The van der Waals surface area contributed by atoms with Crippen molar-refractivity contribution in [3.05, 3.63) is 17.8 Å². The molecule has 148 valence electrons. The summed E-state index contributed by atoms with van der Waals surface area (Å²) in [6.45, 7) is 7.87. The van der Waals surface area contributed by atoms with Crippen molar-refractivity contribution >= 4 is 11.7 Å². The predicted octanol–water partition coefficient (Wildman–Crippen LogP) is 2.22. The van der Waals surface area contributed by atoms with Gasteiger partial charge in [-0.15, -0.1) is 0 Å². The fraction of sp³-hybridized carbons (Fsp3) is 0.714. The third-order valence-electron chi connectivity index (χ3n) is 6.36. The molecule has 1 saturated heterocycles. The number of ether oxygens (including phenoxy) is 1. The lowest BCUT2D eigenvalue weighted by Crippen LogP contribution is -2.47. The maximum Gasteiger partial charge on any atom is 0.217 e. The molecule has 6 nitrogen and oxygen atoms in total. The fourth-order valence-corrected chi connectivity index (χ4v) is 4.75. The first-order valence-electron chi connectivity index (χ1n) is 10.5. The average molecular weight is 373 g/mol. The van der Waals surface area contributed by atoms with Crippen molar-refractivity contribution in [1.29, 1.82) is 0 Å². The monoisotopic (exact) mass is 372 g/mol. The Kier molecular flexibility index (Phi) is 5.81. The number of fused-ring (bicyclic) bond motifs is 1. The molecule has 1 aliphatic carbocycles. The summed E-state index contributed by atoms with van der Waals surface area (Å²) in [4.78, 5) is 20.8. The number of hydrogen-bond donors (Lipinski definition) is 1. The second kappa shape index (κ2) is 8.46. The van der Waals surface area contributed by atoms with Crippen molar-refractivity contribution in [1.82, 2.24) is 15.2 Å². The molecule has 0 spiro atoms. The molecular formula is C21H32N4O2. The number of nitrogens with zero attached hydrogens (tertiary/aromatic N) is 3. The van der Waals surface area contributed by atoms with Gasteiger partial charge in [0.1, 0.15) is 0 Å². The van der Waals surface area contributed by atoms with E-state index in [1.807, 2.05) is 6.20 Å². The summed E-state index contributed by atoms with van der Waals surface area (Å²) >= 11 is 0. The highest BCUT2D eigenvalue weighted by atomic mass is 16.5. The van der Waals surface area contributed by atoms with E-state index in [9.17, 15) is 4.79 Å². The van der Waals surface area contributed by atoms with E-state index in [1.54, 1.807) is 6.92 Å². The minimum Gasteiger partial charge on any atom is -0.489 e. The van der Waals surface area contributed by atoms with E-state index in [2.05, 4.69) is 26.2 Å². The minimum absolute atomic E-state index is 0.111. The van der Waals surface area contributed by atoms with Gasteiger partial charge in [-0.2, -0.15) is 0 Å². The van der Waals surface area contributed by atoms with Gasteiger partial charge in [0.25, 0.3) is 0 Å². The van der Waals surface area contributed by atoms with Crippen LogP contribution in [0.15, 0.2) is 12.3 Å². The Labute approximate surface area is 162 Å². The van der Waals surface area contributed by atoms with Crippen LogP contribution < -0.4 is 15.0 Å². The Hall–Kier alpha value is -1.82. The van der Waals surface area contributed by atoms with Crippen LogP contribution in [0.5, 0.6) is 5.75 Å². The molecule has 0 atom stereocenters. The Bertz CT molecular complexity index is 650. The smallest absolute Gasteiger partial charge is 0.217 e. The number of carbonyl (C=O) groups is 1. The van der Waals surface area contributed by atoms with E-state index in [0.29, 0.717) is 6.04 Å². The van der Waals surface area contributed by atoms with E-state index < -0.39 is 0 Å². The van der Waals surface area contributed by atoms with E-state index >= 15 is 0 Å². The van der Waals surface area contributed by atoms with Gasteiger partial charge >= 0.3 is 0 Å². The van der Waals surface area contributed by atoms with Crippen LogP contribution in [0.25, 0.3) is 0 Å². The molecule has 1 aromatic heterocycles. The van der Waals surface area contributed by atoms with Gasteiger partial charge in [0, 0.05) is 57.3 Å². The maximum absolute atomic E-state index is 11.2. The molecule has 1 saturated carbocycles. The van der Waals surface area contributed by atoms with Gasteiger partial charge in [0.05, 0.1) is 6.61 Å². The third-order valence-corrected chi connectivity index (χ3v) is 6.36. The lowest BCUT2D eigenvalue weighted by molar-refractivity contribution is -0.119. The van der Waals surface area contributed by atoms with E-state index in [-0.39, 0.29) is 5.91 Å². The third kappa shape index (κ3) is 4.54. The SMILES string of the molecule is CC(=O)NC1CCC(CCN2CCN(c3nccc4c3OCC4)CC2)CC1. The molecule has 0 aromatic carbocycles. The summed E-state index contributed by atoms with van der Waals surface area (Å²) in [6, 6.07) is 2.49. The summed E-state index contributed by atoms with van der Waals surface area (Å²) in [5.41, 5.74) is 1.30. The standard InChI is InChI=1S/C21H32N4O2/c1-16(26)23-19-4-2-17(3-5-19)7-10-24-11-13-25(14-12-24)21-20-18(6-9-22-21)8-15-27-20/h6,9,17,19H,2-5,7-8,10-15H2,1H3,(H,23,26). The molecule has 27 heavy (non-hydrogen) atoms. The highest BCUT2D eigenvalue weighted by Crippen LogP contribution is 2.34. The Morgan fingerprint density at radius 1 is 1.22 bits per heavy atom. The zero-order valence-corrected chi connectivity index (χ0v) is 16.5. The van der Waals surface area contributed by atoms with Gasteiger partial charge in [0.2, 0.25) is 5.91 Å². The molecule has 1 aromatic rings. The van der Waals surface area contributed by atoms with Crippen LogP contribution in [0, 0.1) is 5.92 Å². The number of rotatable bonds is 5. The summed E-state index contributed by atoms with van der Waals surface area (Å²) < 4.78 is 5.83. The molecule has 3 heterocycles. The summed E-state index contributed by atoms with van der Waals surface area (Å²) in [6.07, 6.45) is 9.01. The molecule has 2 fully saturated rings. The molecule has 0 bridgehead atoms. The highest BCUT2D eigenvalue weighted by Gasteiger charge is 2.26. The number of nitrogens with one attached hydrogen (secondary N) is 1. The largest absolute Gasteiger partial charge is 0.489 e. The van der Waals surface area contributed by atoms with Gasteiger partial charge in [0.15, 0.2) is 11.6 Å². The quantitative estimate of drug-likeness (QED) is 0.859. The summed E-state index contributed by atoms with van der Waals surface area (Å²) in [5, 5.41) is 3.07. The van der Waals surface area contributed by atoms with Gasteiger partial charge in [-0.1, -0.05) is 0 Å². The second-order valence-corrected chi connectivity index (χ2v) is 8.26. The maximum atomic E-state index is 11.2. The Morgan fingerprint density at radius 3 is 2.74 bits per heavy atom. The van der Waals surface area contributed by atoms with Crippen molar-refractivity contribution < 1.29 is 9.53 Å². The first-order chi connectivity index (χ1) is 13.2. The minimum atomic E-state index is 0.111. The van der Waals surface area contributed by atoms with E-state index in [4.69, 9.17) is 4.74 Å². The van der Waals surface area contributed by atoms with Crippen LogP contribution >= 0.6 is 0 Å². The van der Waals surface area contributed by atoms with Crippen LogP contribution in [-0.4, -0.2) is 61.2 Å². The second-order valence-electron chi connectivity index (χ2n) is 8.26. The molecule has 3 aliphatic rings. The molecule has 0 unspecified atom stereocenters. The van der Waals surface area contributed by atoms with Crippen molar-refractivity contribution in [2.24, 2.45) is 5.92 Å². The molecular weight excluding hydrogens is 340 g/mol. The highest BCUT2D eigenvalue weighted by molar-refractivity contribution is 5.73. The first kappa shape index (κ1) is 18.5. The van der Waals surface area contributed by atoms with Gasteiger partial charge in [-0.3, -0.25) is 9.69 Å². The predicted molar refractivity (Wildman–Crippen MR) is 106 cm³/mol. The molecule has 2 aliphatic heterocycles. The zero-order chi connectivity index (χ0) is 18.6. The van der Waals surface area contributed by atoms with Crippen LogP contribution in [0.4, 0.5) is 5.82 Å². The van der Waals surface area contributed by atoms with Crippen molar-refractivity contribution in [3.8, 4) is 5.75 Å². The van der Waals surface area contributed by atoms with Crippen LogP contribution in [0.1, 0.15) is 44.6 Å². The van der Waals surface area contributed by atoms with Crippen molar-refractivity contribution in [3.63, 3.8) is 0 Å². The summed E-state index contributed by atoms with van der Waals surface area (Å²) in [5.74, 6) is 2.99. The molecule has 1 N–H and O–H groups in total. The van der Waals surface area contributed by atoms with Gasteiger partial charge < -0.3 is 15.0 Å².